The predicted octanol–water partition coefficient (Wildman–Crippen LogP) is 2.74. The third-order valence-electron chi connectivity index (χ3n) is 5.88. The molecule has 2 amide bonds. The van der Waals surface area contributed by atoms with E-state index in [9.17, 15) is 14.4 Å². The molecular formula is C27H22N2O5. The van der Waals surface area contributed by atoms with Gasteiger partial charge in [-0.3, -0.25) is 9.59 Å². The standard InChI is InChI=1S/C27H22N2O5/c1-16-4-10-20-22(14-16)33-23-15-19(28(2)3)9-11-21(23)26(20)17-5-7-18(8-6-17)27(32)34-29-24(30)12-13-25(29)31/h4-11,14-15H,1,12-13H2,2-3H3. The molecule has 0 aromatic heterocycles. The Morgan fingerprint density at radius 1 is 0.941 bits per heavy atom. The van der Waals surface area contributed by atoms with Crippen LogP contribution >= 0.6 is 0 Å². The number of hydrogen-bond acceptors (Lipinski definition) is 6. The zero-order chi connectivity index (χ0) is 24.0. The Morgan fingerprint density at radius 2 is 1.65 bits per heavy atom. The molecule has 170 valence electrons. The smallest absolute Gasteiger partial charge is 0.363 e. The summed E-state index contributed by atoms with van der Waals surface area (Å²) in [5.41, 5.74) is 4.02. The van der Waals surface area contributed by atoms with Gasteiger partial charge < -0.3 is 14.5 Å². The lowest BCUT2D eigenvalue weighted by Crippen LogP contribution is -2.32. The summed E-state index contributed by atoms with van der Waals surface area (Å²) in [5.74, 6) is -0.342. The lowest BCUT2D eigenvalue weighted by molar-refractivity contribution is -0.172. The van der Waals surface area contributed by atoms with E-state index in [1.54, 1.807) is 12.1 Å². The van der Waals surface area contributed by atoms with Gasteiger partial charge in [-0.1, -0.05) is 30.8 Å². The van der Waals surface area contributed by atoms with Gasteiger partial charge in [-0.05, 0) is 41.1 Å². The zero-order valence-corrected chi connectivity index (χ0v) is 18.8. The van der Waals surface area contributed by atoms with E-state index >= 15 is 0 Å². The predicted molar refractivity (Wildman–Crippen MR) is 127 cm³/mol. The number of anilines is 1. The maximum absolute atomic E-state index is 12.5. The van der Waals surface area contributed by atoms with Crippen molar-refractivity contribution in [2.24, 2.45) is 0 Å². The Kier molecular flexibility index (Phi) is 5.17. The van der Waals surface area contributed by atoms with Gasteiger partial charge in [-0.15, -0.1) is 5.06 Å². The first-order valence-electron chi connectivity index (χ1n) is 10.8. The van der Waals surface area contributed by atoms with Crippen LogP contribution in [0.25, 0.3) is 12.2 Å². The fraction of sp³-hybridized carbons (Fsp3) is 0.148. The molecule has 0 spiro atoms. The van der Waals surface area contributed by atoms with E-state index in [1.807, 2.05) is 67.5 Å². The van der Waals surface area contributed by atoms with Crippen molar-refractivity contribution in [1.82, 2.24) is 5.06 Å². The molecule has 7 nitrogen and oxygen atoms in total. The average molecular weight is 454 g/mol. The van der Waals surface area contributed by atoms with Gasteiger partial charge in [-0.2, -0.15) is 0 Å². The summed E-state index contributed by atoms with van der Waals surface area (Å²) in [6.07, 6.45) is 0.101. The monoisotopic (exact) mass is 454 g/mol. The van der Waals surface area contributed by atoms with Crippen LogP contribution in [0, 0.1) is 0 Å². The van der Waals surface area contributed by atoms with Gasteiger partial charge >= 0.3 is 5.97 Å². The highest BCUT2D eigenvalue weighted by Gasteiger charge is 2.33. The number of fused-ring (bicyclic) bond motifs is 2. The van der Waals surface area contributed by atoms with E-state index in [0.717, 1.165) is 38.6 Å². The molecule has 0 aliphatic carbocycles. The third-order valence-corrected chi connectivity index (χ3v) is 5.88. The minimum absolute atomic E-state index is 0.0504. The highest BCUT2D eigenvalue weighted by molar-refractivity contribution is 6.02. The number of carbonyl (C=O) groups excluding carboxylic acids is 3. The van der Waals surface area contributed by atoms with E-state index in [2.05, 4.69) is 6.58 Å². The van der Waals surface area contributed by atoms with Crippen molar-refractivity contribution in [2.45, 2.75) is 12.8 Å². The van der Waals surface area contributed by atoms with Crippen LogP contribution in [0.5, 0.6) is 11.5 Å². The van der Waals surface area contributed by atoms with Crippen LogP contribution in [0.3, 0.4) is 0 Å². The second-order valence-corrected chi connectivity index (χ2v) is 8.42. The van der Waals surface area contributed by atoms with Crippen LogP contribution in [0.4, 0.5) is 5.69 Å². The Morgan fingerprint density at radius 3 is 2.32 bits per heavy atom. The molecule has 0 N–H and O–H groups in total. The van der Waals surface area contributed by atoms with Crippen molar-refractivity contribution in [3.8, 4) is 11.5 Å². The fourth-order valence-corrected chi connectivity index (χ4v) is 4.08. The maximum Gasteiger partial charge on any atom is 0.363 e. The largest absolute Gasteiger partial charge is 0.456 e. The summed E-state index contributed by atoms with van der Waals surface area (Å²) < 4.78 is 6.23. The number of imide groups is 1. The van der Waals surface area contributed by atoms with E-state index in [0.29, 0.717) is 10.8 Å². The first kappa shape index (κ1) is 21.5. The molecule has 2 aliphatic heterocycles. The highest BCUT2D eigenvalue weighted by atomic mass is 16.7. The van der Waals surface area contributed by atoms with Crippen LogP contribution < -0.4 is 20.1 Å². The number of nitrogens with zero attached hydrogens (tertiary/aromatic N) is 2. The summed E-state index contributed by atoms with van der Waals surface area (Å²) in [6, 6.07) is 18.7. The number of rotatable bonds is 4. The second kappa shape index (κ2) is 8.19. The molecule has 7 heteroatoms. The summed E-state index contributed by atoms with van der Waals surface area (Å²) in [6.45, 7) is 4.01. The number of carbonyl (C=O) groups is 3. The molecule has 0 radical (unpaired) electrons. The minimum atomic E-state index is -0.759. The Hall–Kier alpha value is -4.39. The molecule has 1 fully saturated rings. The highest BCUT2D eigenvalue weighted by Crippen LogP contribution is 2.38. The molecule has 0 unspecified atom stereocenters. The molecule has 34 heavy (non-hydrogen) atoms. The molecule has 0 bridgehead atoms. The van der Waals surface area contributed by atoms with Gasteiger partial charge in [0.1, 0.15) is 11.5 Å². The quantitative estimate of drug-likeness (QED) is 0.442. The number of amides is 2. The molecule has 3 aromatic rings. The summed E-state index contributed by atoms with van der Waals surface area (Å²) in [4.78, 5) is 43.0. The minimum Gasteiger partial charge on any atom is -0.456 e. The molecule has 3 aromatic carbocycles. The van der Waals surface area contributed by atoms with Gasteiger partial charge in [0, 0.05) is 55.0 Å². The van der Waals surface area contributed by atoms with Gasteiger partial charge in [0.05, 0.1) is 5.56 Å². The first-order chi connectivity index (χ1) is 16.3. The van der Waals surface area contributed by atoms with Crippen LogP contribution in [-0.2, 0) is 14.4 Å². The number of benzene rings is 3. The van der Waals surface area contributed by atoms with Crippen molar-refractivity contribution >= 4 is 35.6 Å². The van der Waals surface area contributed by atoms with E-state index < -0.39 is 17.8 Å². The van der Waals surface area contributed by atoms with Crippen LogP contribution in [0.2, 0.25) is 0 Å². The van der Waals surface area contributed by atoms with Gasteiger partial charge in [0.25, 0.3) is 11.8 Å². The van der Waals surface area contributed by atoms with Crippen LogP contribution in [0.15, 0.2) is 60.7 Å². The topological polar surface area (TPSA) is 76.2 Å². The summed E-state index contributed by atoms with van der Waals surface area (Å²) in [5, 5.41) is 2.31. The number of hydroxylamine groups is 2. The lowest BCUT2D eigenvalue weighted by Gasteiger charge is -2.23. The van der Waals surface area contributed by atoms with Gasteiger partial charge in [0.15, 0.2) is 0 Å². The maximum atomic E-state index is 12.5. The molecule has 2 heterocycles. The average Bonchev–Trinajstić information content (AvgIpc) is 3.14. The number of hydrogen-bond donors (Lipinski definition) is 0. The Bertz CT molecular complexity index is 1440. The number of ether oxygens (including phenoxy) is 1. The van der Waals surface area contributed by atoms with Crippen molar-refractivity contribution < 1.29 is 24.0 Å². The fourth-order valence-electron chi connectivity index (χ4n) is 4.08. The lowest BCUT2D eigenvalue weighted by atomic mass is 9.92. The normalized spacial score (nSPS) is 14.4. The van der Waals surface area contributed by atoms with Gasteiger partial charge in [-0.25, -0.2) is 4.79 Å². The Balaban J connectivity index is 1.55. The molecule has 2 aliphatic rings. The van der Waals surface area contributed by atoms with Crippen molar-refractivity contribution in [2.75, 3.05) is 19.0 Å². The van der Waals surface area contributed by atoms with Crippen molar-refractivity contribution in [3.05, 3.63) is 87.8 Å². The zero-order valence-electron chi connectivity index (χ0n) is 18.8. The molecule has 0 saturated carbocycles. The second-order valence-electron chi connectivity index (χ2n) is 8.42. The molecule has 5 rings (SSSR count). The first-order valence-corrected chi connectivity index (χ1v) is 10.8. The van der Waals surface area contributed by atoms with Crippen LogP contribution in [-0.4, -0.2) is 36.9 Å². The molecule has 1 saturated heterocycles. The Labute approximate surface area is 196 Å². The van der Waals surface area contributed by atoms with Crippen molar-refractivity contribution in [3.63, 3.8) is 0 Å². The summed E-state index contributed by atoms with van der Waals surface area (Å²) in [7, 11) is 3.94. The van der Waals surface area contributed by atoms with Gasteiger partial charge in [0.2, 0.25) is 0 Å². The third kappa shape index (κ3) is 3.71. The SMILES string of the molecule is C=c1ccc2c(c1)Oc1cc(N(C)C)ccc1C=2c1ccc(C(=O)ON2C(=O)CCC2=O)cc1. The van der Waals surface area contributed by atoms with E-state index in [-0.39, 0.29) is 18.4 Å². The van der Waals surface area contributed by atoms with Crippen LogP contribution in [0.1, 0.15) is 34.3 Å². The van der Waals surface area contributed by atoms with E-state index in [4.69, 9.17) is 9.57 Å². The molecular weight excluding hydrogens is 432 g/mol. The molecule has 0 atom stereocenters. The van der Waals surface area contributed by atoms with Crippen molar-refractivity contribution in [1.29, 1.82) is 0 Å². The summed E-state index contributed by atoms with van der Waals surface area (Å²) >= 11 is 0. The van der Waals surface area contributed by atoms with E-state index in [1.165, 1.54) is 0 Å².